The molecular weight excluding hydrogens is 376 g/mol. The van der Waals surface area contributed by atoms with Crippen LogP contribution in [-0.4, -0.2) is 50.0 Å². The van der Waals surface area contributed by atoms with Crippen molar-refractivity contribution in [1.82, 2.24) is 0 Å². The Bertz CT molecular complexity index is 777. The highest BCUT2D eigenvalue weighted by molar-refractivity contribution is 8.00. The van der Waals surface area contributed by atoms with Crippen molar-refractivity contribution in [3.63, 3.8) is 0 Å². The summed E-state index contributed by atoms with van der Waals surface area (Å²) in [6.07, 6.45) is 0. The monoisotopic (exact) mass is 400 g/mol. The summed E-state index contributed by atoms with van der Waals surface area (Å²) in [7, 11) is 0. The molecule has 1 aliphatic rings. The van der Waals surface area contributed by atoms with Crippen molar-refractivity contribution in [2.45, 2.75) is 17.1 Å². The first-order valence-corrected chi connectivity index (χ1v) is 10.1. The summed E-state index contributed by atoms with van der Waals surface area (Å²) in [5.41, 5.74) is 1.77. The first-order valence-electron chi connectivity index (χ1n) is 9.23. The van der Waals surface area contributed by atoms with Crippen LogP contribution in [0.3, 0.4) is 0 Å². The molecular formula is C21H24N2O4S. The average molecular weight is 401 g/mol. The summed E-state index contributed by atoms with van der Waals surface area (Å²) < 4.78 is 10.5. The fourth-order valence-electron chi connectivity index (χ4n) is 2.78. The predicted molar refractivity (Wildman–Crippen MR) is 111 cm³/mol. The molecule has 148 valence electrons. The van der Waals surface area contributed by atoms with Crippen molar-refractivity contribution >= 4 is 35.0 Å². The summed E-state index contributed by atoms with van der Waals surface area (Å²) in [6, 6.07) is 17.2. The van der Waals surface area contributed by atoms with Gasteiger partial charge in [-0.3, -0.25) is 9.59 Å². The Morgan fingerprint density at radius 2 is 1.79 bits per heavy atom. The lowest BCUT2D eigenvalue weighted by Gasteiger charge is -2.28. The molecule has 1 N–H and O–H groups in total. The second-order valence-corrected chi connectivity index (χ2v) is 7.79. The topological polar surface area (TPSA) is 67.9 Å². The standard InChI is InChI=1S/C21H24N2O4S/c1-16(28-19-5-3-2-4-6-19)21(25)27-15-20(24)22-17-7-9-18(10-8-17)23-11-13-26-14-12-23/h2-10,16H,11-15H2,1H3,(H,22,24)/t16-/m1/s1. The maximum atomic E-state index is 12.1. The van der Waals surface area contributed by atoms with Gasteiger partial charge in [-0.15, -0.1) is 11.8 Å². The molecule has 2 aromatic rings. The number of anilines is 2. The molecule has 1 amide bonds. The number of hydrogen-bond donors (Lipinski definition) is 1. The Labute approximate surface area is 169 Å². The van der Waals surface area contributed by atoms with Crippen molar-refractivity contribution in [3.8, 4) is 0 Å². The van der Waals surface area contributed by atoms with E-state index in [1.807, 2.05) is 54.6 Å². The molecule has 0 saturated carbocycles. The van der Waals surface area contributed by atoms with Gasteiger partial charge in [0.25, 0.3) is 5.91 Å². The minimum Gasteiger partial charge on any atom is -0.455 e. The number of carbonyl (C=O) groups is 2. The molecule has 1 saturated heterocycles. The van der Waals surface area contributed by atoms with Gasteiger partial charge >= 0.3 is 5.97 Å². The summed E-state index contributed by atoms with van der Waals surface area (Å²) in [6.45, 7) is 4.64. The van der Waals surface area contributed by atoms with E-state index in [9.17, 15) is 9.59 Å². The Kier molecular flexibility index (Phi) is 7.33. The van der Waals surface area contributed by atoms with Gasteiger partial charge in [0.1, 0.15) is 5.25 Å². The molecule has 0 aliphatic carbocycles. The molecule has 1 aliphatic heterocycles. The van der Waals surface area contributed by atoms with Gasteiger partial charge in [0, 0.05) is 29.4 Å². The number of esters is 1. The van der Waals surface area contributed by atoms with E-state index in [1.165, 1.54) is 11.8 Å². The normalized spacial score (nSPS) is 15.0. The summed E-state index contributed by atoms with van der Waals surface area (Å²) in [4.78, 5) is 27.4. The minimum absolute atomic E-state index is 0.302. The van der Waals surface area contributed by atoms with E-state index < -0.39 is 5.97 Å². The minimum atomic E-state index is -0.410. The molecule has 1 heterocycles. The quantitative estimate of drug-likeness (QED) is 0.569. The zero-order valence-electron chi connectivity index (χ0n) is 15.8. The van der Waals surface area contributed by atoms with Gasteiger partial charge < -0.3 is 19.7 Å². The number of nitrogens with one attached hydrogen (secondary N) is 1. The largest absolute Gasteiger partial charge is 0.455 e. The smallest absolute Gasteiger partial charge is 0.319 e. The Morgan fingerprint density at radius 1 is 1.11 bits per heavy atom. The molecule has 0 spiro atoms. The highest BCUT2D eigenvalue weighted by Crippen LogP contribution is 2.23. The molecule has 3 rings (SSSR count). The van der Waals surface area contributed by atoms with E-state index >= 15 is 0 Å². The van der Waals surface area contributed by atoms with Gasteiger partial charge in [-0.25, -0.2) is 0 Å². The first kappa shape index (κ1) is 20.2. The molecule has 0 bridgehead atoms. The maximum Gasteiger partial charge on any atom is 0.319 e. The molecule has 7 heteroatoms. The number of nitrogens with zero attached hydrogens (tertiary/aromatic N) is 1. The van der Waals surface area contributed by atoms with Crippen molar-refractivity contribution in [2.75, 3.05) is 43.1 Å². The number of rotatable bonds is 7. The van der Waals surface area contributed by atoms with Crippen LogP contribution in [0.15, 0.2) is 59.5 Å². The van der Waals surface area contributed by atoms with Gasteiger partial charge in [-0.05, 0) is 43.3 Å². The van der Waals surface area contributed by atoms with Gasteiger partial charge in [-0.2, -0.15) is 0 Å². The number of thioether (sulfide) groups is 1. The third-order valence-electron chi connectivity index (χ3n) is 4.26. The number of hydrogen-bond acceptors (Lipinski definition) is 6. The van der Waals surface area contributed by atoms with E-state index in [0.717, 1.165) is 36.9 Å². The van der Waals surface area contributed by atoms with Crippen LogP contribution in [0, 0.1) is 0 Å². The van der Waals surface area contributed by atoms with E-state index in [4.69, 9.17) is 9.47 Å². The summed E-state index contributed by atoms with van der Waals surface area (Å²) in [5, 5.41) is 2.36. The lowest BCUT2D eigenvalue weighted by molar-refractivity contribution is -0.146. The van der Waals surface area contributed by atoms with Crippen LogP contribution in [0.4, 0.5) is 11.4 Å². The fourth-order valence-corrected chi connectivity index (χ4v) is 3.67. The van der Waals surface area contributed by atoms with Crippen molar-refractivity contribution < 1.29 is 19.1 Å². The third-order valence-corrected chi connectivity index (χ3v) is 5.35. The van der Waals surface area contributed by atoms with Crippen molar-refractivity contribution in [1.29, 1.82) is 0 Å². The Morgan fingerprint density at radius 3 is 2.46 bits per heavy atom. The first-order chi connectivity index (χ1) is 13.6. The molecule has 1 fully saturated rings. The van der Waals surface area contributed by atoms with Crippen LogP contribution in [0.1, 0.15) is 6.92 Å². The zero-order chi connectivity index (χ0) is 19.8. The van der Waals surface area contributed by atoms with E-state index in [0.29, 0.717) is 5.69 Å². The lowest BCUT2D eigenvalue weighted by Crippen LogP contribution is -2.36. The molecule has 1 atom stereocenters. The molecule has 0 radical (unpaired) electrons. The van der Waals surface area contributed by atoms with Crippen molar-refractivity contribution in [3.05, 3.63) is 54.6 Å². The zero-order valence-corrected chi connectivity index (χ0v) is 16.6. The fraction of sp³-hybridized carbons (Fsp3) is 0.333. The number of ether oxygens (including phenoxy) is 2. The predicted octanol–water partition coefficient (Wildman–Crippen LogP) is 3.19. The van der Waals surface area contributed by atoms with Crippen LogP contribution >= 0.6 is 11.8 Å². The highest BCUT2D eigenvalue weighted by atomic mass is 32.2. The van der Waals surface area contributed by atoms with Crippen molar-refractivity contribution in [2.24, 2.45) is 0 Å². The second kappa shape index (κ2) is 10.1. The van der Waals surface area contributed by atoms with Crippen LogP contribution in [0.25, 0.3) is 0 Å². The van der Waals surface area contributed by atoms with Crippen LogP contribution in [0.5, 0.6) is 0 Å². The van der Waals surface area contributed by atoms with Gasteiger partial charge in [0.05, 0.1) is 13.2 Å². The number of morpholine rings is 1. The molecule has 0 unspecified atom stereocenters. The number of amides is 1. The van der Waals surface area contributed by atoms with Crippen LogP contribution < -0.4 is 10.2 Å². The average Bonchev–Trinajstić information content (AvgIpc) is 2.74. The van der Waals surface area contributed by atoms with E-state index in [-0.39, 0.29) is 17.8 Å². The Balaban J connectivity index is 1.42. The third kappa shape index (κ3) is 6.00. The maximum absolute atomic E-state index is 12.1. The second-order valence-electron chi connectivity index (χ2n) is 6.38. The van der Waals surface area contributed by atoms with Gasteiger partial charge in [0.15, 0.2) is 6.61 Å². The van der Waals surface area contributed by atoms with Gasteiger partial charge in [-0.1, -0.05) is 18.2 Å². The molecule has 2 aromatic carbocycles. The molecule has 28 heavy (non-hydrogen) atoms. The van der Waals surface area contributed by atoms with E-state index in [1.54, 1.807) is 6.92 Å². The van der Waals surface area contributed by atoms with Gasteiger partial charge in [0.2, 0.25) is 0 Å². The molecule has 0 aromatic heterocycles. The summed E-state index contributed by atoms with van der Waals surface area (Å²) >= 11 is 1.40. The summed E-state index contributed by atoms with van der Waals surface area (Å²) in [5.74, 6) is -0.768. The number of benzene rings is 2. The lowest BCUT2D eigenvalue weighted by atomic mass is 10.2. The SMILES string of the molecule is C[C@@H](Sc1ccccc1)C(=O)OCC(=O)Nc1ccc(N2CCOCC2)cc1. The van der Waals surface area contributed by atoms with Crippen LogP contribution in [-0.2, 0) is 19.1 Å². The van der Waals surface area contributed by atoms with Crippen LogP contribution in [0.2, 0.25) is 0 Å². The Hall–Kier alpha value is -2.51. The highest BCUT2D eigenvalue weighted by Gasteiger charge is 2.17. The van der Waals surface area contributed by atoms with E-state index in [2.05, 4.69) is 10.2 Å². The number of carbonyl (C=O) groups excluding carboxylic acids is 2. The molecule has 6 nitrogen and oxygen atoms in total.